The number of hydrogen-bond acceptors (Lipinski definition) is 6. The summed E-state index contributed by atoms with van der Waals surface area (Å²) in [5.74, 6) is 1.45. The molecule has 0 aliphatic rings. The first-order valence-corrected chi connectivity index (χ1v) is 11.7. The highest BCUT2D eigenvalue weighted by Gasteiger charge is 2.23. The summed E-state index contributed by atoms with van der Waals surface area (Å²) in [6, 6.07) is 13.2. The molecule has 8 heteroatoms. The topological polar surface area (TPSA) is 54.9 Å². The average Bonchev–Trinajstić information content (AvgIpc) is 3.22. The maximum atomic E-state index is 13.5. The maximum absolute atomic E-state index is 13.5. The molecule has 1 aromatic heterocycles. The van der Waals surface area contributed by atoms with Crippen LogP contribution in [0.5, 0.6) is 11.5 Å². The number of rotatable bonds is 11. The van der Waals surface area contributed by atoms with Crippen LogP contribution >= 0.6 is 23.7 Å². The number of anilines is 1. The van der Waals surface area contributed by atoms with Gasteiger partial charge in [0.1, 0.15) is 17.0 Å². The lowest BCUT2D eigenvalue weighted by molar-refractivity contribution is 0.0983. The summed E-state index contributed by atoms with van der Waals surface area (Å²) >= 11 is 1.52. The second-order valence-corrected chi connectivity index (χ2v) is 7.98. The van der Waals surface area contributed by atoms with Gasteiger partial charge < -0.3 is 14.4 Å². The number of halogens is 1. The minimum absolute atomic E-state index is 0. The number of likely N-dealkylation sites (N-methyl/N-ethyl adjacent to an activating group) is 1. The normalized spacial score (nSPS) is 10.8. The molecular weight excluding hydrogens is 446 g/mol. The van der Waals surface area contributed by atoms with Gasteiger partial charge in [0.2, 0.25) is 0 Å². The van der Waals surface area contributed by atoms with Crippen molar-refractivity contribution in [2.45, 2.75) is 27.7 Å². The molecule has 1 amide bonds. The van der Waals surface area contributed by atoms with E-state index in [4.69, 9.17) is 14.5 Å². The standard InChI is InChI=1S/C24H31N3O3S.ClH/c1-5-26(6-2)16-17-27(23(28)18-12-14-19(15-13-18)29-7-3)24-25-22-20(30-8-4)10-9-11-21(22)31-24;/h9-15H,5-8,16-17H2,1-4H3;1H. The fraction of sp³-hybridized carbons (Fsp3) is 0.417. The van der Waals surface area contributed by atoms with E-state index >= 15 is 0 Å². The summed E-state index contributed by atoms with van der Waals surface area (Å²) in [5.41, 5.74) is 1.42. The van der Waals surface area contributed by atoms with Crippen molar-refractivity contribution in [1.29, 1.82) is 0 Å². The van der Waals surface area contributed by atoms with Crippen molar-refractivity contribution in [2.24, 2.45) is 0 Å². The molecule has 0 N–H and O–H groups in total. The fourth-order valence-electron chi connectivity index (χ4n) is 3.38. The van der Waals surface area contributed by atoms with Crippen LogP contribution in [0.2, 0.25) is 0 Å². The van der Waals surface area contributed by atoms with Crippen molar-refractivity contribution in [3.63, 3.8) is 0 Å². The van der Waals surface area contributed by atoms with Crippen molar-refractivity contribution in [1.82, 2.24) is 9.88 Å². The zero-order chi connectivity index (χ0) is 22.2. The second kappa shape index (κ2) is 12.6. The third-order valence-corrected chi connectivity index (χ3v) is 6.14. The number of aromatic nitrogens is 1. The minimum Gasteiger partial charge on any atom is -0.494 e. The van der Waals surface area contributed by atoms with Crippen LogP contribution < -0.4 is 14.4 Å². The average molecular weight is 478 g/mol. The predicted octanol–water partition coefficient (Wildman–Crippen LogP) is 5.50. The lowest BCUT2D eigenvalue weighted by atomic mass is 10.2. The largest absolute Gasteiger partial charge is 0.494 e. The summed E-state index contributed by atoms with van der Waals surface area (Å²) in [5, 5.41) is 0.688. The van der Waals surface area contributed by atoms with Gasteiger partial charge in [0.05, 0.1) is 17.9 Å². The molecule has 2 aromatic carbocycles. The van der Waals surface area contributed by atoms with Crippen LogP contribution in [-0.4, -0.2) is 55.2 Å². The Balaban J connectivity index is 0.00000363. The number of fused-ring (bicyclic) bond motifs is 1. The summed E-state index contributed by atoms with van der Waals surface area (Å²) < 4.78 is 12.3. The van der Waals surface area contributed by atoms with Gasteiger partial charge in [-0.1, -0.05) is 31.3 Å². The number of carbonyl (C=O) groups is 1. The van der Waals surface area contributed by atoms with Gasteiger partial charge in [-0.25, -0.2) is 4.98 Å². The number of amides is 1. The van der Waals surface area contributed by atoms with E-state index in [1.807, 2.05) is 56.3 Å². The van der Waals surface area contributed by atoms with E-state index in [-0.39, 0.29) is 18.3 Å². The Kier molecular flexibility index (Phi) is 10.2. The van der Waals surface area contributed by atoms with Crippen molar-refractivity contribution in [3.8, 4) is 11.5 Å². The number of nitrogens with zero attached hydrogens (tertiary/aromatic N) is 3. The Labute approximate surface area is 200 Å². The van der Waals surface area contributed by atoms with E-state index in [2.05, 4.69) is 18.7 Å². The van der Waals surface area contributed by atoms with Gasteiger partial charge in [0, 0.05) is 18.7 Å². The van der Waals surface area contributed by atoms with Gasteiger partial charge in [-0.05, 0) is 63.3 Å². The van der Waals surface area contributed by atoms with Crippen molar-refractivity contribution >= 4 is 45.0 Å². The van der Waals surface area contributed by atoms with Crippen LogP contribution in [0.1, 0.15) is 38.1 Å². The lowest BCUT2D eigenvalue weighted by Gasteiger charge is -2.24. The van der Waals surface area contributed by atoms with Crippen molar-refractivity contribution in [3.05, 3.63) is 48.0 Å². The molecule has 3 rings (SSSR count). The Morgan fingerprint density at radius 3 is 2.25 bits per heavy atom. The highest BCUT2D eigenvalue weighted by molar-refractivity contribution is 7.22. The SMILES string of the molecule is CCOc1ccc(C(=O)N(CCN(CC)CC)c2nc3c(OCC)cccc3s2)cc1.Cl. The van der Waals surface area contributed by atoms with Gasteiger partial charge >= 0.3 is 0 Å². The van der Waals surface area contributed by atoms with Gasteiger partial charge in [-0.15, -0.1) is 12.4 Å². The molecule has 0 saturated heterocycles. The third-order valence-electron chi connectivity index (χ3n) is 5.09. The van der Waals surface area contributed by atoms with E-state index < -0.39 is 0 Å². The quantitative estimate of drug-likeness (QED) is 0.364. The molecule has 0 aliphatic heterocycles. The molecule has 6 nitrogen and oxygen atoms in total. The van der Waals surface area contributed by atoms with Crippen LogP contribution in [0.25, 0.3) is 10.2 Å². The Bertz CT molecular complexity index is 990. The number of ether oxygens (including phenoxy) is 2. The first-order chi connectivity index (χ1) is 15.1. The molecule has 174 valence electrons. The van der Waals surface area contributed by atoms with E-state index in [1.54, 1.807) is 4.90 Å². The lowest BCUT2D eigenvalue weighted by Crippen LogP contribution is -2.38. The Morgan fingerprint density at radius 1 is 0.938 bits per heavy atom. The molecular formula is C24H32ClN3O3S. The predicted molar refractivity (Wildman–Crippen MR) is 135 cm³/mol. The molecule has 0 unspecified atom stereocenters. The van der Waals surface area contributed by atoms with Gasteiger partial charge in [-0.3, -0.25) is 9.69 Å². The molecule has 0 radical (unpaired) electrons. The first kappa shape index (κ1) is 25.9. The Morgan fingerprint density at radius 2 is 1.62 bits per heavy atom. The highest BCUT2D eigenvalue weighted by Crippen LogP contribution is 2.34. The fourth-order valence-corrected chi connectivity index (χ4v) is 4.39. The van der Waals surface area contributed by atoms with Crippen LogP contribution in [0.4, 0.5) is 5.13 Å². The number of thiazole rings is 1. The maximum Gasteiger partial charge on any atom is 0.260 e. The Hall–Kier alpha value is -2.35. The van der Waals surface area contributed by atoms with E-state index in [9.17, 15) is 4.79 Å². The van der Waals surface area contributed by atoms with Crippen LogP contribution in [0.15, 0.2) is 42.5 Å². The highest BCUT2D eigenvalue weighted by atomic mass is 35.5. The zero-order valence-electron chi connectivity index (χ0n) is 19.2. The first-order valence-electron chi connectivity index (χ1n) is 10.9. The van der Waals surface area contributed by atoms with E-state index in [0.717, 1.165) is 41.3 Å². The zero-order valence-corrected chi connectivity index (χ0v) is 20.8. The molecule has 0 aliphatic carbocycles. The molecule has 0 atom stereocenters. The van der Waals surface area contributed by atoms with Crippen molar-refractivity contribution < 1.29 is 14.3 Å². The van der Waals surface area contributed by atoms with E-state index in [1.165, 1.54) is 11.3 Å². The molecule has 0 bridgehead atoms. The molecule has 32 heavy (non-hydrogen) atoms. The number of benzene rings is 2. The molecule has 3 aromatic rings. The molecule has 0 saturated carbocycles. The number of carbonyl (C=O) groups excluding carboxylic acids is 1. The number of para-hydroxylation sites is 1. The molecule has 0 spiro atoms. The summed E-state index contributed by atoms with van der Waals surface area (Å²) in [6.45, 7) is 12.6. The van der Waals surface area contributed by atoms with Crippen LogP contribution in [0, 0.1) is 0 Å². The number of hydrogen-bond donors (Lipinski definition) is 0. The van der Waals surface area contributed by atoms with Gasteiger partial charge in [0.25, 0.3) is 5.91 Å². The summed E-state index contributed by atoms with van der Waals surface area (Å²) in [6.07, 6.45) is 0. The smallest absolute Gasteiger partial charge is 0.260 e. The monoisotopic (exact) mass is 477 g/mol. The van der Waals surface area contributed by atoms with Crippen LogP contribution in [-0.2, 0) is 0 Å². The third kappa shape index (κ3) is 6.12. The summed E-state index contributed by atoms with van der Waals surface area (Å²) in [4.78, 5) is 22.4. The molecule has 1 heterocycles. The van der Waals surface area contributed by atoms with Crippen molar-refractivity contribution in [2.75, 3.05) is 44.3 Å². The van der Waals surface area contributed by atoms with E-state index in [0.29, 0.717) is 30.5 Å². The second-order valence-electron chi connectivity index (χ2n) is 6.97. The van der Waals surface area contributed by atoms with Crippen LogP contribution in [0.3, 0.4) is 0 Å². The van der Waals surface area contributed by atoms with Gasteiger partial charge in [-0.2, -0.15) is 0 Å². The van der Waals surface area contributed by atoms with Gasteiger partial charge in [0.15, 0.2) is 5.13 Å². The minimum atomic E-state index is -0.0628. The summed E-state index contributed by atoms with van der Waals surface area (Å²) in [7, 11) is 0. The molecule has 0 fully saturated rings.